The Bertz CT molecular complexity index is 826. The van der Waals surface area contributed by atoms with Crippen molar-refractivity contribution < 1.29 is 5.11 Å². The van der Waals surface area contributed by atoms with E-state index in [0.717, 1.165) is 43.6 Å². The zero-order valence-electron chi connectivity index (χ0n) is 14.6. The van der Waals surface area contributed by atoms with Gasteiger partial charge in [-0.25, -0.2) is 0 Å². The van der Waals surface area contributed by atoms with Crippen LogP contribution in [0.4, 0.5) is 0 Å². The Morgan fingerprint density at radius 3 is 2.88 bits per heavy atom. The second-order valence-corrected chi connectivity index (χ2v) is 6.97. The molecule has 1 aliphatic rings. The maximum absolute atomic E-state index is 9.66. The molecule has 3 aromatic rings. The van der Waals surface area contributed by atoms with Crippen LogP contribution in [0.25, 0.3) is 16.6 Å². The van der Waals surface area contributed by atoms with Crippen LogP contribution in [0.3, 0.4) is 0 Å². The summed E-state index contributed by atoms with van der Waals surface area (Å²) in [6, 6.07) is 6.76. The molecule has 0 radical (unpaired) electrons. The molecule has 3 heterocycles. The maximum atomic E-state index is 9.66. The van der Waals surface area contributed by atoms with Crippen molar-refractivity contribution in [2.45, 2.75) is 32.2 Å². The number of hydrogen-bond donors (Lipinski definition) is 2. The van der Waals surface area contributed by atoms with Crippen molar-refractivity contribution >= 4 is 10.9 Å². The standard InChI is InChI=1S/C19H25N5O/c1-2-6-23-7-5-14(11-25)8-19(23)17-10-20-18-4-3-15(9-16(17)18)24-12-21-22-13-24/h3-4,9-10,12-14,19-20,25H,2,5-8,11H2,1H3. The van der Waals surface area contributed by atoms with Gasteiger partial charge in [0.25, 0.3) is 0 Å². The fraction of sp³-hybridized carbons (Fsp3) is 0.474. The average molecular weight is 339 g/mol. The van der Waals surface area contributed by atoms with Crippen LogP contribution in [-0.4, -0.2) is 49.5 Å². The third kappa shape index (κ3) is 3.07. The van der Waals surface area contributed by atoms with Crippen molar-refractivity contribution in [1.29, 1.82) is 0 Å². The molecule has 2 atom stereocenters. The summed E-state index contributed by atoms with van der Waals surface area (Å²) in [5.41, 5.74) is 3.54. The predicted octanol–water partition coefficient (Wildman–Crippen LogP) is 2.90. The minimum atomic E-state index is 0.283. The largest absolute Gasteiger partial charge is 0.396 e. The van der Waals surface area contributed by atoms with Gasteiger partial charge in [0.05, 0.1) is 0 Å². The molecule has 1 aliphatic heterocycles. The van der Waals surface area contributed by atoms with Crippen LogP contribution in [0.5, 0.6) is 0 Å². The van der Waals surface area contributed by atoms with Crippen LogP contribution in [-0.2, 0) is 0 Å². The van der Waals surface area contributed by atoms with Crippen molar-refractivity contribution in [3.8, 4) is 5.69 Å². The van der Waals surface area contributed by atoms with E-state index in [2.05, 4.69) is 51.4 Å². The summed E-state index contributed by atoms with van der Waals surface area (Å²) in [7, 11) is 0. The Hall–Kier alpha value is -2.18. The molecule has 0 amide bonds. The van der Waals surface area contributed by atoms with E-state index in [4.69, 9.17) is 0 Å². The Morgan fingerprint density at radius 2 is 2.12 bits per heavy atom. The van der Waals surface area contributed by atoms with Crippen LogP contribution in [0.15, 0.2) is 37.1 Å². The number of likely N-dealkylation sites (tertiary alicyclic amines) is 1. The summed E-state index contributed by atoms with van der Waals surface area (Å²) >= 11 is 0. The first-order chi connectivity index (χ1) is 12.3. The molecule has 132 valence electrons. The van der Waals surface area contributed by atoms with Gasteiger partial charge in [0.1, 0.15) is 12.7 Å². The molecule has 1 fully saturated rings. The van der Waals surface area contributed by atoms with Crippen LogP contribution < -0.4 is 0 Å². The highest BCUT2D eigenvalue weighted by Gasteiger charge is 2.30. The Morgan fingerprint density at radius 1 is 1.28 bits per heavy atom. The monoisotopic (exact) mass is 339 g/mol. The van der Waals surface area contributed by atoms with Crippen molar-refractivity contribution in [3.63, 3.8) is 0 Å². The minimum absolute atomic E-state index is 0.283. The molecule has 2 unspecified atom stereocenters. The van der Waals surface area contributed by atoms with Crippen LogP contribution in [0.1, 0.15) is 37.8 Å². The van der Waals surface area contributed by atoms with Gasteiger partial charge in [-0.15, -0.1) is 10.2 Å². The topological polar surface area (TPSA) is 70.0 Å². The second kappa shape index (κ2) is 6.98. The maximum Gasteiger partial charge on any atom is 0.123 e. The highest BCUT2D eigenvalue weighted by atomic mass is 16.3. The first-order valence-corrected chi connectivity index (χ1v) is 9.11. The van der Waals surface area contributed by atoms with Crippen LogP contribution >= 0.6 is 0 Å². The van der Waals surface area contributed by atoms with Gasteiger partial charge in [-0.1, -0.05) is 6.92 Å². The lowest BCUT2D eigenvalue weighted by atomic mass is 9.87. The first kappa shape index (κ1) is 16.3. The molecule has 1 saturated heterocycles. The number of nitrogens with zero attached hydrogens (tertiary/aromatic N) is 4. The highest BCUT2D eigenvalue weighted by molar-refractivity contribution is 5.85. The van der Waals surface area contributed by atoms with Crippen LogP contribution in [0.2, 0.25) is 0 Å². The van der Waals surface area contributed by atoms with Crippen molar-refractivity contribution in [3.05, 3.63) is 42.6 Å². The highest BCUT2D eigenvalue weighted by Crippen LogP contribution is 2.38. The number of piperidine rings is 1. The van der Waals surface area contributed by atoms with Gasteiger partial charge in [0.2, 0.25) is 0 Å². The van der Waals surface area contributed by atoms with Gasteiger partial charge >= 0.3 is 0 Å². The molecule has 0 spiro atoms. The SMILES string of the molecule is CCCN1CCC(CO)CC1c1c[nH]c2ccc(-n3cnnc3)cc12. The van der Waals surface area contributed by atoms with Crippen LogP contribution in [0, 0.1) is 5.92 Å². The van der Waals surface area contributed by atoms with Gasteiger partial charge in [-0.2, -0.15) is 0 Å². The quantitative estimate of drug-likeness (QED) is 0.750. The number of rotatable bonds is 5. The molecule has 6 nitrogen and oxygen atoms in total. The molecule has 2 N–H and O–H groups in total. The van der Waals surface area contributed by atoms with E-state index in [1.165, 1.54) is 10.9 Å². The number of hydrogen-bond acceptors (Lipinski definition) is 4. The fourth-order valence-corrected chi connectivity index (χ4v) is 4.03. The summed E-state index contributed by atoms with van der Waals surface area (Å²) in [6.07, 6.45) is 8.84. The number of benzene rings is 1. The van der Waals surface area contributed by atoms with E-state index >= 15 is 0 Å². The van der Waals surface area contributed by atoms with E-state index < -0.39 is 0 Å². The van der Waals surface area contributed by atoms with Gasteiger partial charge in [0.15, 0.2) is 0 Å². The number of H-pyrrole nitrogens is 1. The lowest BCUT2D eigenvalue weighted by Gasteiger charge is -2.39. The lowest BCUT2D eigenvalue weighted by molar-refractivity contribution is 0.0812. The molecular formula is C19H25N5O. The molecule has 1 aromatic carbocycles. The summed E-state index contributed by atoms with van der Waals surface area (Å²) in [5, 5.41) is 18.7. The van der Waals surface area contributed by atoms with E-state index in [9.17, 15) is 5.11 Å². The number of fused-ring (bicyclic) bond motifs is 1. The second-order valence-electron chi connectivity index (χ2n) is 6.97. The molecular weight excluding hydrogens is 314 g/mol. The number of aliphatic hydroxyl groups excluding tert-OH is 1. The van der Waals surface area contributed by atoms with E-state index in [1.54, 1.807) is 12.7 Å². The first-order valence-electron chi connectivity index (χ1n) is 9.11. The van der Waals surface area contributed by atoms with Gasteiger partial charge in [-0.05, 0) is 62.0 Å². The van der Waals surface area contributed by atoms with Gasteiger partial charge in [-0.3, -0.25) is 9.47 Å². The zero-order chi connectivity index (χ0) is 17.2. The van der Waals surface area contributed by atoms with Crippen molar-refractivity contribution in [1.82, 2.24) is 24.6 Å². The Balaban J connectivity index is 1.74. The van der Waals surface area contributed by atoms with E-state index in [0.29, 0.717) is 12.0 Å². The zero-order valence-corrected chi connectivity index (χ0v) is 14.6. The number of aliphatic hydroxyl groups is 1. The number of aromatic nitrogens is 4. The minimum Gasteiger partial charge on any atom is -0.396 e. The Kier molecular flexibility index (Phi) is 4.55. The normalized spacial score (nSPS) is 21.8. The smallest absolute Gasteiger partial charge is 0.123 e. The number of nitrogens with one attached hydrogen (secondary N) is 1. The molecule has 4 rings (SSSR count). The fourth-order valence-electron chi connectivity index (χ4n) is 4.03. The number of aromatic amines is 1. The van der Waals surface area contributed by atoms with E-state index in [-0.39, 0.29) is 6.61 Å². The third-order valence-corrected chi connectivity index (χ3v) is 5.36. The van der Waals surface area contributed by atoms with Crippen molar-refractivity contribution in [2.24, 2.45) is 5.92 Å². The summed E-state index contributed by atoms with van der Waals surface area (Å²) < 4.78 is 1.93. The average Bonchev–Trinajstić information content (AvgIpc) is 3.31. The summed E-state index contributed by atoms with van der Waals surface area (Å²) in [6.45, 7) is 4.67. The van der Waals surface area contributed by atoms with Crippen molar-refractivity contribution in [2.75, 3.05) is 19.7 Å². The molecule has 0 bridgehead atoms. The van der Waals surface area contributed by atoms with Gasteiger partial charge < -0.3 is 10.1 Å². The van der Waals surface area contributed by atoms with E-state index in [1.807, 2.05) is 4.57 Å². The molecule has 0 saturated carbocycles. The van der Waals surface area contributed by atoms with Gasteiger partial charge in [0, 0.05) is 35.4 Å². The molecule has 25 heavy (non-hydrogen) atoms. The molecule has 2 aromatic heterocycles. The predicted molar refractivity (Wildman–Crippen MR) is 97.6 cm³/mol. The third-order valence-electron chi connectivity index (χ3n) is 5.36. The summed E-state index contributed by atoms with van der Waals surface area (Å²) in [5.74, 6) is 0.393. The lowest BCUT2D eigenvalue weighted by Crippen LogP contribution is -2.38. The molecule has 0 aliphatic carbocycles. The Labute approximate surface area is 147 Å². The molecule has 6 heteroatoms. The summed E-state index contributed by atoms with van der Waals surface area (Å²) in [4.78, 5) is 5.99.